The van der Waals surface area contributed by atoms with Crippen molar-refractivity contribution in [1.29, 1.82) is 0 Å². The minimum absolute atomic E-state index is 0.0374. The highest BCUT2D eigenvalue weighted by atomic mass is 16.5. The molecular weight excluding hydrogens is 837 g/mol. The molecule has 0 spiro atoms. The minimum atomic E-state index is -0.0374. The van der Waals surface area contributed by atoms with Crippen LogP contribution in [0, 0.1) is 47.3 Å². The van der Waals surface area contributed by atoms with E-state index in [1.807, 2.05) is 0 Å². The Morgan fingerprint density at radius 1 is 0.391 bits per heavy atom. The zero-order valence-corrected chi connectivity index (χ0v) is 46.0. The molecule has 3 aliphatic carbocycles. The van der Waals surface area contributed by atoms with Crippen LogP contribution in [0.5, 0.6) is 5.75 Å². The van der Waals surface area contributed by atoms with E-state index in [0.717, 1.165) is 61.2 Å². The smallest absolute Gasteiger partial charge is 0.127 e. The van der Waals surface area contributed by atoms with Gasteiger partial charge in [-0.05, 0) is 172 Å². The van der Waals surface area contributed by atoms with Gasteiger partial charge in [-0.1, -0.05) is 203 Å². The van der Waals surface area contributed by atoms with Crippen LogP contribution in [0.1, 0.15) is 221 Å². The molecule has 4 aromatic rings. The quantitative estimate of drug-likeness (QED) is 0.0457. The standard InChI is InChI=1S/C67H96O2/c1-45(2)18-13-22-49(9)32-36-67(37-33-50(10)23-14-19-46(3)4)61-40-53-28-30-56(61)57-31-29-54(44-62(57)67)59-42-55(64(41-53)69-39-35-52(12)25-16-21-48(7)8)43-60-65(59)58-26-17-27-63(66(58)60)68-38-34-51(11)24-15-20-47(5)6/h17,26-31,40-52H,13-16,18-25,32-39H2,1-12H3. The topological polar surface area (TPSA) is 18.5 Å². The van der Waals surface area contributed by atoms with E-state index in [1.54, 1.807) is 11.1 Å². The molecule has 0 N–H and O–H groups in total. The molecule has 0 saturated heterocycles. The fourth-order valence-corrected chi connectivity index (χ4v) is 12.2. The van der Waals surface area contributed by atoms with E-state index in [0.29, 0.717) is 23.7 Å². The van der Waals surface area contributed by atoms with Crippen molar-refractivity contribution < 1.29 is 9.47 Å². The fourth-order valence-electron chi connectivity index (χ4n) is 12.2. The molecule has 376 valence electrons. The van der Waals surface area contributed by atoms with E-state index in [-0.39, 0.29) is 5.41 Å². The van der Waals surface area contributed by atoms with Crippen LogP contribution in [0.25, 0.3) is 56.3 Å². The Morgan fingerprint density at radius 3 is 1.43 bits per heavy atom. The van der Waals surface area contributed by atoms with Crippen molar-refractivity contribution in [2.45, 2.75) is 204 Å². The summed E-state index contributed by atoms with van der Waals surface area (Å²) < 4.78 is 13.9. The lowest BCUT2D eigenvalue weighted by molar-refractivity contribution is 0.245. The zero-order chi connectivity index (χ0) is 49.2. The summed E-state index contributed by atoms with van der Waals surface area (Å²) in [4.78, 5) is 0. The summed E-state index contributed by atoms with van der Waals surface area (Å²) in [5.41, 5.74) is 16.4. The SMILES string of the molecule is CC(C)CCCC(C)CCOC1=Cc2ccc3c(c2)C(CCC(C)CCCC(C)C)(CCC(C)CCCC(C)C)c2cc(ccc2-3)-c2cc1cc1c2-c2cccc(OCCC(C)CCCC(C)C)c2-1. The van der Waals surface area contributed by atoms with Crippen molar-refractivity contribution >= 4 is 11.8 Å². The lowest BCUT2D eigenvalue weighted by Crippen LogP contribution is -2.27. The molecule has 4 unspecified atom stereocenters. The summed E-state index contributed by atoms with van der Waals surface area (Å²) in [5.74, 6) is 7.78. The fraction of sp³-hybridized carbons (Fsp3) is 0.612. The third kappa shape index (κ3) is 13.4. The Morgan fingerprint density at radius 2 is 0.884 bits per heavy atom. The second kappa shape index (κ2) is 24.6. The summed E-state index contributed by atoms with van der Waals surface area (Å²) in [6.45, 7) is 30.3. The molecule has 0 aromatic heterocycles. The highest BCUT2D eigenvalue weighted by Crippen LogP contribution is 2.60. The summed E-state index contributed by atoms with van der Waals surface area (Å²) in [6.07, 6.45) is 25.1. The molecule has 0 fully saturated rings. The first-order valence-corrected chi connectivity index (χ1v) is 28.7. The van der Waals surface area contributed by atoms with E-state index in [4.69, 9.17) is 9.47 Å². The average Bonchev–Trinajstić information content (AvgIpc) is 3.56. The van der Waals surface area contributed by atoms with Gasteiger partial charge in [0.05, 0.1) is 13.2 Å². The number of ether oxygens (including phenoxy) is 2. The molecule has 0 saturated carbocycles. The van der Waals surface area contributed by atoms with Gasteiger partial charge < -0.3 is 9.47 Å². The summed E-state index contributed by atoms with van der Waals surface area (Å²) in [6, 6.07) is 26.8. The predicted molar refractivity (Wildman–Crippen MR) is 301 cm³/mol. The highest BCUT2D eigenvalue weighted by Gasteiger charge is 2.44. The van der Waals surface area contributed by atoms with Gasteiger partial charge in [-0.3, -0.25) is 0 Å². The third-order valence-electron chi connectivity index (χ3n) is 16.8. The first-order chi connectivity index (χ1) is 33.1. The number of hydrogen-bond acceptors (Lipinski definition) is 2. The van der Waals surface area contributed by atoms with Crippen LogP contribution in [-0.2, 0) is 10.2 Å². The maximum atomic E-state index is 7.12. The molecule has 2 nitrogen and oxygen atoms in total. The highest BCUT2D eigenvalue weighted by molar-refractivity contribution is 6.12. The molecule has 0 amide bonds. The van der Waals surface area contributed by atoms with Gasteiger partial charge in [-0.2, -0.15) is 0 Å². The molecule has 4 atom stereocenters. The number of fused-ring (bicyclic) bond motifs is 11. The van der Waals surface area contributed by atoms with Crippen LogP contribution in [0.2, 0.25) is 0 Å². The van der Waals surface area contributed by atoms with Crippen molar-refractivity contribution in [3.8, 4) is 50.3 Å². The number of rotatable bonds is 30. The number of hydrogen-bond donors (Lipinski definition) is 0. The van der Waals surface area contributed by atoms with Crippen molar-refractivity contribution in [2.24, 2.45) is 47.3 Å². The number of benzene rings is 4. The maximum absolute atomic E-state index is 7.12. The first kappa shape index (κ1) is 53.0. The van der Waals surface area contributed by atoms with E-state index in [2.05, 4.69) is 156 Å². The molecule has 0 radical (unpaired) electrons. The van der Waals surface area contributed by atoms with E-state index >= 15 is 0 Å². The molecule has 0 aliphatic heterocycles. The first-order valence-electron chi connectivity index (χ1n) is 28.7. The molecule has 7 rings (SSSR count). The molecule has 0 heterocycles. The van der Waals surface area contributed by atoms with E-state index in [9.17, 15) is 0 Å². The van der Waals surface area contributed by atoms with Crippen LogP contribution in [0.4, 0.5) is 0 Å². The van der Waals surface area contributed by atoms with Crippen LogP contribution in [0.3, 0.4) is 0 Å². The normalized spacial score (nSPS) is 17.1. The average molecular weight is 934 g/mol. The van der Waals surface area contributed by atoms with Crippen molar-refractivity contribution in [2.75, 3.05) is 13.2 Å². The molecular formula is C67H96O2. The van der Waals surface area contributed by atoms with Crippen LogP contribution < -0.4 is 4.74 Å². The Labute approximate surface area is 423 Å². The van der Waals surface area contributed by atoms with Gasteiger partial charge in [-0.15, -0.1) is 0 Å². The third-order valence-corrected chi connectivity index (χ3v) is 16.8. The van der Waals surface area contributed by atoms with Gasteiger partial charge in [0.1, 0.15) is 11.5 Å². The Hall–Kier alpha value is -3.78. The Balaban J connectivity index is 1.30. The lowest BCUT2D eigenvalue weighted by atomic mass is 9.68. The zero-order valence-electron chi connectivity index (χ0n) is 46.0. The van der Waals surface area contributed by atoms with Gasteiger partial charge in [0, 0.05) is 16.5 Å². The second-order valence-corrected chi connectivity index (χ2v) is 24.9. The molecule has 69 heavy (non-hydrogen) atoms. The largest absolute Gasteiger partial charge is 0.493 e. The molecule has 4 aromatic carbocycles. The minimum Gasteiger partial charge on any atom is -0.493 e. The van der Waals surface area contributed by atoms with Gasteiger partial charge in [-0.25, -0.2) is 0 Å². The monoisotopic (exact) mass is 933 g/mol. The van der Waals surface area contributed by atoms with Crippen molar-refractivity contribution in [1.82, 2.24) is 0 Å². The summed E-state index contributed by atoms with van der Waals surface area (Å²) >= 11 is 0. The Kier molecular flexibility index (Phi) is 18.9. The van der Waals surface area contributed by atoms with Crippen molar-refractivity contribution in [3.63, 3.8) is 0 Å². The lowest BCUT2D eigenvalue weighted by Gasteiger charge is -2.36. The molecule has 2 heteroatoms. The van der Waals surface area contributed by atoms with E-state index in [1.165, 1.54) is 158 Å². The van der Waals surface area contributed by atoms with E-state index < -0.39 is 0 Å². The predicted octanol–water partition coefficient (Wildman–Crippen LogP) is 20.7. The van der Waals surface area contributed by atoms with Crippen LogP contribution >= 0.6 is 0 Å². The maximum Gasteiger partial charge on any atom is 0.127 e. The van der Waals surface area contributed by atoms with Gasteiger partial charge in [0.25, 0.3) is 0 Å². The summed E-state index contributed by atoms with van der Waals surface area (Å²) in [5, 5.41) is 0. The van der Waals surface area contributed by atoms with Crippen LogP contribution in [0.15, 0.2) is 66.7 Å². The van der Waals surface area contributed by atoms with Crippen molar-refractivity contribution in [3.05, 3.63) is 89.0 Å². The summed E-state index contributed by atoms with van der Waals surface area (Å²) in [7, 11) is 0. The van der Waals surface area contributed by atoms with Gasteiger partial charge in [0.15, 0.2) is 0 Å². The van der Waals surface area contributed by atoms with Gasteiger partial charge in [0.2, 0.25) is 0 Å². The van der Waals surface area contributed by atoms with Crippen LogP contribution in [-0.4, -0.2) is 13.2 Å². The Bertz CT molecular complexity index is 2280. The molecule has 6 bridgehead atoms. The second-order valence-electron chi connectivity index (χ2n) is 24.9. The molecule has 3 aliphatic rings. The van der Waals surface area contributed by atoms with Gasteiger partial charge >= 0.3 is 0 Å².